The molecule has 9 heteroatoms. The summed E-state index contributed by atoms with van der Waals surface area (Å²) in [5.41, 5.74) is -0.753. The molecule has 0 fully saturated rings. The van der Waals surface area contributed by atoms with Crippen molar-refractivity contribution in [1.29, 1.82) is 0 Å². The molecule has 1 aromatic rings. The molecule has 0 aromatic heterocycles. The summed E-state index contributed by atoms with van der Waals surface area (Å²) in [5.74, 6) is -2.01. The van der Waals surface area contributed by atoms with Crippen LogP contribution in [0.3, 0.4) is 0 Å². The van der Waals surface area contributed by atoms with Crippen LogP contribution in [0.5, 0.6) is 0 Å². The fraction of sp³-hybridized carbons (Fsp3) is 0.619. The number of ether oxygens (including phenoxy) is 1. The van der Waals surface area contributed by atoms with Crippen LogP contribution in [0.1, 0.15) is 54.0 Å². The van der Waals surface area contributed by atoms with Gasteiger partial charge in [-0.25, -0.2) is 9.59 Å². The Morgan fingerprint density at radius 2 is 1.53 bits per heavy atom. The molecule has 0 unspecified atom stereocenters. The molecule has 0 aliphatic carbocycles. The first-order valence-corrected chi connectivity index (χ1v) is 11.5. The molecule has 0 aliphatic heterocycles. The summed E-state index contributed by atoms with van der Waals surface area (Å²) < 4.78 is 29.9. The van der Waals surface area contributed by atoms with Crippen molar-refractivity contribution in [2.45, 2.75) is 72.3 Å². The van der Waals surface area contributed by atoms with E-state index >= 15 is 0 Å². The molecule has 0 heterocycles. The fourth-order valence-corrected chi connectivity index (χ4v) is 5.50. The van der Waals surface area contributed by atoms with Gasteiger partial charge in [0.1, 0.15) is 12.6 Å². The van der Waals surface area contributed by atoms with E-state index in [9.17, 15) is 19.3 Å². The standard InChI is InChI=1S/C21H34NO7P/c1-15(14-30(26,28-20(2,3)4)29-21(5,6)7)17(18(23)24)22-19(25)27-13-16-11-9-8-10-12-16/h8-12,15,17H,13-14H2,1-7H3,(H,22,25)(H,23,24)/t15-,17-/m0/s1. The summed E-state index contributed by atoms with van der Waals surface area (Å²) in [6.07, 6.45) is -1.06. The molecule has 2 atom stereocenters. The topological polar surface area (TPSA) is 111 Å². The minimum atomic E-state index is -3.67. The molecule has 1 amide bonds. The second-order valence-electron chi connectivity index (χ2n) is 9.20. The number of amides is 1. The predicted octanol–water partition coefficient (Wildman–Crippen LogP) is 4.83. The number of benzene rings is 1. The van der Waals surface area contributed by atoms with Crippen molar-refractivity contribution in [1.82, 2.24) is 5.32 Å². The van der Waals surface area contributed by atoms with Crippen LogP contribution in [0.4, 0.5) is 4.79 Å². The van der Waals surface area contributed by atoms with Crippen molar-refractivity contribution in [3.63, 3.8) is 0 Å². The maximum atomic E-state index is 13.4. The lowest BCUT2D eigenvalue weighted by Gasteiger charge is -2.34. The highest BCUT2D eigenvalue weighted by Crippen LogP contribution is 2.55. The van der Waals surface area contributed by atoms with Crippen LogP contribution in [0.25, 0.3) is 0 Å². The van der Waals surface area contributed by atoms with Gasteiger partial charge in [-0.15, -0.1) is 0 Å². The monoisotopic (exact) mass is 443 g/mol. The van der Waals surface area contributed by atoms with Crippen LogP contribution < -0.4 is 5.32 Å². The van der Waals surface area contributed by atoms with E-state index in [1.165, 1.54) is 0 Å². The van der Waals surface area contributed by atoms with Crippen molar-refractivity contribution in [3.05, 3.63) is 35.9 Å². The van der Waals surface area contributed by atoms with Gasteiger partial charge in [0, 0.05) is 0 Å². The summed E-state index contributed by atoms with van der Waals surface area (Å²) in [4.78, 5) is 23.9. The average molecular weight is 443 g/mol. The summed E-state index contributed by atoms with van der Waals surface area (Å²) in [5, 5.41) is 11.9. The molecule has 8 nitrogen and oxygen atoms in total. The Bertz CT molecular complexity index is 733. The number of carbonyl (C=O) groups excluding carboxylic acids is 1. The number of carbonyl (C=O) groups is 2. The Morgan fingerprint density at radius 1 is 1.03 bits per heavy atom. The van der Waals surface area contributed by atoms with Gasteiger partial charge in [-0.1, -0.05) is 37.3 Å². The zero-order chi connectivity index (χ0) is 23.2. The highest BCUT2D eigenvalue weighted by Gasteiger charge is 2.40. The van der Waals surface area contributed by atoms with Crippen LogP contribution >= 0.6 is 7.60 Å². The zero-order valence-corrected chi connectivity index (χ0v) is 19.7. The fourth-order valence-electron chi connectivity index (χ4n) is 2.72. The average Bonchev–Trinajstić information content (AvgIpc) is 2.54. The molecule has 1 aromatic carbocycles. The number of hydrogen-bond donors (Lipinski definition) is 2. The van der Waals surface area contributed by atoms with Gasteiger partial charge in [0.2, 0.25) is 0 Å². The van der Waals surface area contributed by atoms with Crippen LogP contribution in [-0.2, 0) is 29.8 Å². The molecule has 0 spiro atoms. The van der Waals surface area contributed by atoms with Crippen molar-refractivity contribution < 1.29 is 33.0 Å². The third-order valence-electron chi connectivity index (χ3n) is 3.66. The van der Waals surface area contributed by atoms with Gasteiger partial charge >= 0.3 is 19.7 Å². The van der Waals surface area contributed by atoms with Gasteiger partial charge in [0.25, 0.3) is 0 Å². The molecule has 30 heavy (non-hydrogen) atoms. The number of alkyl carbamates (subject to hydrolysis) is 1. The van der Waals surface area contributed by atoms with Crippen molar-refractivity contribution in [3.8, 4) is 0 Å². The van der Waals surface area contributed by atoms with Gasteiger partial charge in [-0.05, 0) is 53.0 Å². The van der Waals surface area contributed by atoms with Gasteiger partial charge in [-0.2, -0.15) is 0 Å². The van der Waals surface area contributed by atoms with E-state index in [0.717, 1.165) is 5.56 Å². The highest BCUT2D eigenvalue weighted by molar-refractivity contribution is 7.53. The number of carboxylic acid groups (broad SMARTS) is 1. The Balaban J connectivity index is 2.86. The van der Waals surface area contributed by atoms with E-state index < -0.39 is 42.8 Å². The van der Waals surface area contributed by atoms with E-state index in [1.807, 2.05) is 6.07 Å². The third kappa shape index (κ3) is 10.2. The molecular weight excluding hydrogens is 409 g/mol. The number of carboxylic acids is 1. The molecule has 0 radical (unpaired) electrons. The second-order valence-corrected chi connectivity index (χ2v) is 11.2. The van der Waals surface area contributed by atoms with Gasteiger partial charge < -0.3 is 24.2 Å². The van der Waals surface area contributed by atoms with Crippen molar-refractivity contribution in [2.24, 2.45) is 5.92 Å². The summed E-state index contributed by atoms with van der Waals surface area (Å²) in [7, 11) is -3.67. The van der Waals surface area contributed by atoms with Crippen molar-refractivity contribution >= 4 is 19.7 Å². The summed E-state index contributed by atoms with van der Waals surface area (Å²) in [6, 6.07) is 7.70. The molecule has 0 aliphatic rings. The molecule has 0 saturated carbocycles. The van der Waals surface area contributed by atoms with Gasteiger partial charge in [0.05, 0.1) is 17.4 Å². The molecule has 2 N–H and O–H groups in total. The number of nitrogens with one attached hydrogen (secondary N) is 1. The number of hydrogen-bond acceptors (Lipinski definition) is 6. The lowest BCUT2D eigenvalue weighted by molar-refractivity contribution is -0.140. The Kier molecular flexibility index (Phi) is 9.08. The number of aliphatic carboxylic acids is 1. The first kappa shape index (κ1) is 26.1. The largest absolute Gasteiger partial charge is 0.480 e. The molecule has 0 saturated heterocycles. The van der Waals surface area contributed by atoms with Crippen LogP contribution in [0.2, 0.25) is 0 Å². The summed E-state index contributed by atoms with van der Waals surface area (Å²) >= 11 is 0. The molecule has 0 bridgehead atoms. The Labute approximate surface area is 178 Å². The zero-order valence-electron chi connectivity index (χ0n) is 18.8. The maximum absolute atomic E-state index is 13.4. The van der Waals surface area contributed by atoms with E-state index in [2.05, 4.69) is 5.32 Å². The first-order chi connectivity index (χ1) is 13.6. The summed E-state index contributed by atoms with van der Waals surface area (Å²) in [6.45, 7) is 12.0. The lowest BCUT2D eigenvalue weighted by atomic mass is 10.1. The van der Waals surface area contributed by atoms with E-state index in [1.54, 1.807) is 72.7 Å². The predicted molar refractivity (Wildman–Crippen MR) is 115 cm³/mol. The normalized spacial score (nSPS) is 14.6. The molecular formula is C21H34NO7P. The van der Waals surface area contributed by atoms with E-state index in [4.69, 9.17) is 13.8 Å². The third-order valence-corrected chi connectivity index (χ3v) is 6.33. The highest BCUT2D eigenvalue weighted by atomic mass is 31.2. The Hall–Kier alpha value is -1.89. The minimum absolute atomic E-state index is 0.00611. The minimum Gasteiger partial charge on any atom is -0.480 e. The maximum Gasteiger partial charge on any atom is 0.408 e. The lowest BCUT2D eigenvalue weighted by Crippen LogP contribution is -2.46. The quantitative estimate of drug-likeness (QED) is 0.526. The number of rotatable bonds is 9. The van der Waals surface area contributed by atoms with E-state index in [0.29, 0.717) is 0 Å². The molecule has 170 valence electrons. The van der Waals surface area contributed by atoms with Gasteiger partial charge in [0.15, 0.2) is 0 Å². The van der Waals surface area contributed by atoms with E-state index in [-0.39, 0.29) is 12.8 Å². The first-order valence-electron chi connectivity index (χ1n) is 9.81. The van der Waals surface area contributed by atoms with Gasteiger partial charge in [-0.3, -0.25) is 4.57 Å². The second kappa shape index (κ2) is 10.4. The van der Waals surface area contributed by atoms with Crippen LogP contribution in [0.15, 0.2) is 30.3 Å². The van der Waals surface area contributed by atoms with Crippen molar-refractivity contribution in [2.75, 3.05) is 6.16 Å². The smallest absolute Gasteiger partial charge is 0.408 e. The molecule has 1 rings (SSSR count). The van der Waals surface area contributed by atoms with Crippen LogP contribution in [0, 0.1) is 5.92 Å². The SMILES string of the molecule is C[C@@H](CP(=O)(OC(C)(C)C)OC(C)(C)C)[C@H](NC(=O)OCc1ccccc1)C(=O)O. The van der Waals surface area contributed by atoms with Crippen LogP contribution in [-0.4, -0.2) is 40.6 Å². The Morgan fingerprint density at radius 3 is 1.97 bits per heavy atom.